The molecule has 0 aromatic carbocycles. The number of hydrogen-bond acceptors (Lipinski definition) is 2. The number of carbonyl (C=O) groups excluding carboxylic acids is 1. The predicted molar refractivity (Wildman–Crippen MR) is 70.6 cm³/mol. The van der Waals surface area contributed by atoms with Crippen LogP contribution in [0, 0.1) is 0 Å². The van der Waals surface area contributed by atoms with Crippen LogP contribution in [0.15, 0.2) is 23.1 Å². The van der Waals surface area contributed by atoms with E-state index in [1.165, 1.54) is 18.7 Å². The molecule has 1 aliphatic heterocycles. The zero-order valence-electron chi connectivity index (χ0n) is 10.8. The van der Waals surface area contributed by atoms with Crippen molar-refractivity contribution < 1.29 is 4.79 Å². The number of H-pyrrole nitrogens is 1. The minimum absolute atomic E-state index is 0.0457. The molecule has 1 saturated heterocycles. The zero-order valence-corrected chi connectivity index (χ0v) is 10.8. The lowest BCUT2D eigenvalue weighted by Gasteiger charge is -2.35. The first-order valence-electron chi connectivity index (χ1n) is 6.72. The summed E-state index contributed by atoms with van der Waals surface area (Å²) in [6.07, 6.45) is 7.07. The molecule has 1 fully saturated rings. The molecule has 0 radical (unpaired) electrons. The topological polar surface area (TPSA) is 53.2 Å². The lowest BCUT2D eigenvalue weighted by atomic mass is 9.97. The first-order valence-corrected chi connectivity index (χ1v) is 6.72. The van der Waals surface area contributed by atoms with E-state index >= 15 is 0 Å². The van der Waals surface area contributed by atoms with Crippen LogP contribution in [-0.2, 0) is 0 Å². The van der Waals surface area contributed by atoms with Crippen LogP contribution in [0.1, 0.15) is 49.4 Å². The highest BCUT2D eigenvalue weighted by Gasteiger charge is 2.26. The van der Waals surface area contributed by atoms with E-state index in [4.69, 9.17) is 0 Å². The number of nitrogens with zero attached hydrogens (tertiary/aromatic N) is 1. The van der Waals surface area contributed by atoms with Gasteiger partial charge < -0.3 is 9.88 Å². The van der Waals surface area contributed by atoms with Gasteiger partial charge in [0, 0.05) is 24.8 Å². The van der Waals surface area contributed by atoms with Crippen LogP contribution >= 0.6 is 0 Å². The van der Waals surface area contributed by atoms with Crippen molar-refractivity contribution in [2.45, 2.75) is 45.1 Å². The van der Waals surface area contributed by atoms with Crippen LogP contribution in [0.5, 0.6) is 0 Å². The maximum absolute atomic E-state index is 12.4. The summed E-state index contributed by atoms with van der Waals surface area (Å²) in [4.78, 5) is 27.9. The van der Waals surface area contributed by atoms with Gasteiger partial charge in [0.15, 0.2) is 0 Å². The number of piperidine rings is 1. The van der Waals surface area contributed by atoms with Crippen molar-refractivity contribution in [2.24, 2.45) is 0 Å². The molecule has 1 unspecified atom stereocenters. The maximum Gasteiger partial charge on any atom is 0.255 e. The van der Waals surface area contributed by atoms with Gasteiger partial charge in [0.2, 0.25) is 5.56 Å². The Morgan fingerprint density at radius 1 is 1.44 bits per heavy atom. The molecule has 4 nitrogen and oxygen atoms in total. The summed E-state index contributed by atoms with van der Waals surface area (Å²) in [6.45, 7) is 2.99. The Kier molecular flexibility index (Phi) is 4.18. The summed E-state index contributed by atoms with van der Waals surface area (Å²) in [6, 6.07) is 3.38. The van der Waals surface area contributed by atoms with Crippen molar-refractivity contribution in [1.82, 2.24) is 9.88 Å². The van der Waals surface area contributed by atoms with Crippen molar-refractivity contribution in [3.63, 3.8) is 0 Å². The molecule has 0 saturated carbocycles. The predicted octanol–water partition coefficient (Wildman–Crippen LogP) is 2.17. The van der Waals surface area contributed by atoms with Crippen LogP contribution in [0.3, 0.4) is 0 Å². The number of hydrogen-bond donors (Lipinski definition) is 1. The van der Waals surface area contributed by atoms with Crippen LogP contribution in [0.4, 0.5) is 0 Å². The molecular formula is C14H20N2O2. The van der Waals surface area contributed by atoms with E-state index in [0.717, 1.165) is 32.2 Å². The molecule has 1 aromatic rings. The van der Waals surface area contributed by atoms with Gasteiger partial charge in [-0.25, -0.2) is 0 Å². The van der Waals surface area contributed by atoms with Gasteiger partial charge in [0.05, 0.1) is 5.56 Å². The van der Waals surface area contributed by atoms with E-state index in [1.54, 1.807) is 6.07 Å². The van der Waals surface area contributed by atoms with Gasteiger partial charge >= 0.3 is 0 Å². The summed E-state index contributed by atoms with van der Waals surface area (Å²) in [5.74, 6) is 0.0457. The van der Waals surface area contributed by atoms with Gasteiger partial charge in [-0.1, -0.05) is 13.3 Å². The first-order chi connectivity index (χ1) is 8.72. The monoisotopic (exact) mass is 248 g/mol. The van der Waals surface area contributed by atoms with Crippen molar-refractivity contribution in [2.75, 3.05) is 6.54 Å². The van der Waals surface area contributed by atoms with Crippen molar-refractivity contribution in [1.29, 1.82) is 0 Å². The summed E-state index contributed by atoms with van der Waals surface area (Å²) in [5.41, 5.74) is 0.410. The smallest absolute Gasteiger partial charge is 0.255 e. The molecular weight excluding hydrogens is 228 g/mol. The lowest BCUT2D eigenvalue weighted by Crippen LogP contribution is -2.43. The number of aromatic nitrogens is 1. The Morgan fingerprint density at radius 2 is 2.28 bits per heavy atom. The quantitative estimate of drug-likeness (QED) is 0.891. The third-order valence-corrected chi connectivity index (χ3v) is 3.54. The number of likely N-dealkylation sites (tertiary alicyclic amines) is 1. The molecule has 1 aromatic heterocycles. The standard InChI is InChI=1S/C14H20N2O2/c1-2-5-12-6-3-4-9-16(12)14(18)11-7-8-13(17)15-10-11/h7-8,10,12H,2-6,9H2,1H3,(H,15,17). The number of nitrogens with one attached hydrogen (secondary N) is 1. The van der Waals surface area contributed by atoms with Crippen molar-refractivity contribution >= 4 is 5.91 Å². The van der Waals surface area contributed by atoms with Crippen molar-refractivity contribution in [3.05, 3.63) is 34.2 Å². The van der Waals surface area contributed by atoms with E-state index in [0.29, 0.717) is 11.6 Å². The summed E-state index contributed by atoms with van der Waals surface area (Å²) in [7, 11) is 0. The third kappa shape index (κ3) is 2.81. The Balaban J connectivity index is 2.15. The summed E-state index contributed by atoms with van der Waals surface area (Å²) < 4.78 is 0. The molecule has 98 valence electrons. The molecule has 1 N–H and O–H groups in total. The second kappa shape index (κ2) is 5.85. The minimum Gasteiger partial charge on any atom is -0.336 e. The van der Waals surface area contributed by atoms with Gasteiger partial charge in [0.25, 0.3) is 5.91 Å². The number of aromatic amines is 1. The Bertz CT molecular complexity index is 445. The number of rotatable bonds is 3. The highest BCUT2D eigenvalue weighted by atomic mass is 16.2. The van der Waals surface area contributed by atoms with Gasteiger partial charge in [-0.3, -0.25) is 9.59 Å². The zero-order chi connectivity index (χ0) is 13.0. The first kappa shape index (κ1) is 12.9. The molecule has 2 heterocycles. The van der Waals surface area contributed by atoms with Crippen LogP contribution in [0.2, 0.25) is 0 Å². The van der Waals surface area contributed by atoms with Gasteiger partial charge in [-0.05, 0) is 31.7 Å². The highest BCUT2D eigenvalue weighted by Crippen LogP contribution is 2.22. The molecule has 1 atom stereocenters. The van der Waals surface area contributed by atoms with Gasteiger partial charge in [0.1, 0.15) is 0 Å². The molecule has 2 rings (SSSR count). The number of pyridine rings is 1. The highest BCUT2D eigenvalue weighted by molar-refractivity contribution is 5.94. The second-order valence-electron chi connectivity index (χ2n) is 4.88. The SMILES string of the molecule is CCCC1CCCCN1C(=O)c1ccc(=O)[nH]c1. The average Bonchev–Trinajstić information content (AvgIpc) is 2.40. The Morgan fingerprint density at radius 3 is 2.94 bits per heavy atom. The molecule has 4 heteroatoms. The third-order valence-electron chi connectivity index (χ3n) is 3.54. The van der Waals surface area contributed by atoms with Gasteiger partial charge in [-0.15, -0.1) is 0 Å². The van der Waals surface area contributed by atoms with E-state index in [1.807, 2.05) is 4.90 Å². The molecule has 18 heavy (non-hydrogen) atoms. The fourth-order valence-electron chi connectivity index (χ4n) is 2.61. The summed E-state index contributed by atoms with van der Waals surface area (Å²) in [5, 5.41) is 0. The summed E-state index contributed by atoms with van der Waals surface area (Å²) >= 11 is 0. The Hall–Kier alpha value is -1.58. The van der Waals surface area contributed by atoms with Crippen LogP contribution in [-0.4, -0.2) is 28.4 Å². The molecule has 0 bridgehead atoms. The minimum atomic E-state index is -0.171. The molecule has 0 spiro atoms. The van der Waals surface area contributed by atoms with Crippen molar-refractivity contribution in [3.8, 4) is 0 Å². The van der Waals surface area contributed by atoms with E-state index in [-0.39, 0.29) is 11.5 Å². The normalized spacial score (nSPS) is 19.8. The lowest BCUT2D eigenvalue weighted by molar-refractivity contribution is 0.0600. The number of carbonyl (C=O) groups is 1. The molecule has 0 aliphatic carbocycles. The number of amides is 1. The maximum atomic E-state index is 12.4. The van der Waals surface area contributed by atoms with E-state index < -0.39 is 0 Å². The second-order valence-corrected chi connectivity index (χ2v) is 4.88. The molecule has 1 amide bonds. The fraction of sp³-hybridized carbons (Fsp3) is 0.571. The largest absolute Gasteiger partial charge is 0.336 e. The van der Waals surface area contributed by atoms with Gasteiger partial charge in [-0.2, -0.15) is 0 Å². The van der Waals surface area contributed by atoms with Crippen LogP contribution in [0.25, 0.3) is 0 Å². The Labute approximate surface area is 107 Å². The van der Waals surface area contributed by atoms with E-state index in [2.05, 4.69) is 11.9 Å². The fourth-order valence-corrected chi connectivity index (χ4v) is 2.61. The van der Waals surface area contributed by atoms with E-state index in [9.17, 15) is 9.59 Å². The average molecular weight is 248 g/mol. The van der Waals surface area contributed by atoms with Crippen LogP contribution < -0.4 is 5.56 Å². The molecule has 1 aliphatic rings.